The van der Waals surface area contributed by atoms with Gasteiger partial charge in [0.1, 0.15) is 24.0 Å². The summed E-state index contributed by atoms with van der Waals surface area (Å²) in [7, 11) is -0.888. The lowest BCUT2D eigenvalue weighted by Crippen LogP contribution is -2.52. The van der Waals surface area contributed by atoms with Crippen molar-refractivity contribution in [2.45, 2.75) is 74.9 Å². The second kappa shape index (κ2) is 19.2. The zero-order chi connectivity index (χ0) is 41.5. The number of imide groups is 1. The number of unbranched alkanes of at least 4 members (excludes halogenated alkanes) is 3. The van der Waals surface area contributed by atoms with Gasteiger partial charge in [-0.25, -0.2) is 4.98 Å². The number of anilines is 5. The fraction of sp³-hybridized carbons (Fsp3) is 0.419. The van der Waals surface area contributed by atoms with Crippen LogP contribution in [0.2, 0.25) is 5.02 Å². The Morgan fingerprint density at radius 1 is 0.949 bits per heavy atom. The number of ether oxygens (including phenoxy) is 1. The van der Waals surface area contributed by atoms with E-state index < -0.39 is 13.2 Å². The van der Waals surface area contributed by atoms with Gasteiger partial charge in [-0.1, -0.05) is 36.6 Å². The summed E-state index contributed by atoms with van der Waals surface area (Å²) in [5.74, 6) is 1.66. The van der Waals surface area contributed by atoms with Gasteiger partial charge in [0.2, 0.25) is 17.8 Å². The van der Waals surface area contributed by atoms with Crippen LogP contribution >= 0.6 is 30.5 Å². The number of carbonyl (C=O) groups excluding carboxylic acids is 3. The Labute approximate surface area is 355 Å². The van der Waals surface area contributed by atoms with Gasteiger partial charge in [-0.2, -0.15) is 4.98 Å². The van der Waals surface area contributed by atoms with Gasteiger partial charge in [-0.15, -0.1) is 11.8 Å². The van der Waals surface area contributed by atoms with Crippen LogP contribution < -0.4 is 36.2 Å². The number of thioether (sulfide) groups is 1. The zero-order valence-corrected chi connectivity index (χ0v) is 36.2. The molecular weight excluding hydrogens is 807 g/mol. The second-order valence-corrected chi connectivity index (χ2v) is 20.3. The Hall–Kier alpha value is -4.62. The van der Waals surface area contributed by atoms with Crippen molar-refractivity contribution in [1.29, 1.82) is 0 Å². The molecule has 13 nitrogen and oxygen atoms in total. The molecule has 3 aliphatic rings. The van der Waals surface area contributed by atoms with Gasteiger partial charge in [-0.3, -0.25) is 19.7 Å². The molecule has 2 fully saturated rings. The first kappa shape index (κ1) is 42.5. The first-order valence-corrected chi connectivity index (χ1v) is 24.2. The van der Waals surface area contributed by atoms with Gasteiger partial charge in [0.05, 0.1) is 24.7 Å². The summed E-state index contributed by atoms with van der Waals surface area (Å²) < 4.78 is 18.7. The SMILES string of the molecule is COc1cc(N2CCC(NCCCCCCSc3ccc4c(c3)CN(C3CCC(=O)NC3=O)C4=O)CC2)ccc1Nc1ncc(Cl)c(Nc2ccccc2P(C)(C)=O)n1. The van der Waals surface area contributed by atoms with Crippen LogP contribution in [0.1, 0.15) is 67.3 Å². The average Bonchev–Trinajstić information content (AvgIpc) is 3.55. The Morgan fingerprint density at radius 2 is 1.75 bits per heavy atom. The van der Waals surface area contributed by atoms with E-state index in [0.29, 0.717) is 52.8 Å². The number of aromatic nitrogens is 2. The summed E-state index contributed by atoms with van der Waals surface area (Å²) in [6.45, 7) is 6.80. The van der Waals surface area contributed by atoms with Crippen molar-refractivity contribution in [2.24, 2.45) is 0 Å². The van der Waals surface area contributed by atoms with Gasteiger partial charge in [0.15, 0.2) is 5.82 Å². The molecule has 312 valence electrons. The molecule has 0 aliphatic carbocycles. The molecule has 0 spiro atoms. The van der Waals surface area contributed by atoms with E-state index in [0.717, 1.165) is 78.2 Å². The Balaban J connectivity index is 0.802. The van der Waals surface area contributed by atoms with Gasteiger partial charge in [-0.05, 0) is 106 Å². The minimum atomic E-state index is -2.54. The second-order valence-electron chi connectivity index (χ2n) is 15.6. The van der Waals surface area contributed by atoms with E-state index in [9.17, 15) is 18.9 Å². The lowest BCUT2D eigenvalue weighted by Gasteiger charge is -2.34. The van der Waals surface area contributed by atoms with E-state index in [4.69, 9.17) is 16.3 Å². The number of methoxy groups -OCH3 is 1. The summed E-state index contributed by atoms with van der Waals surface area (Å²) in [5, 5.41) is 13.7. The molecule has 0 saturated carbocycles. The molecular formula is C43H52ClN8O5PS. The molecule has 1 unspecified atom stereocenters. The molecule has 3 amide bonds. The molecule has 4 N–H and O–H groups in total. The number of benzene rings is 3. The third-order valence-corrected chi connectivity index (χ3v) is 13.9. The standard InChI is InChI=1S/C43H52ClN8O5PS/c1-57-37-25-30(12-15-34(37)48-43-46-26-33(44)40(50-43)47-35-10-6-7-11-38(35)58(2,3)56)51-21-18-29(19-22-51)45-20-8-4-5-9-23-59-31-13-14-32-28(24-31)27-52(42(32)55)36-16-17-39(53)49-41(36)54/h6-7,10-15,24-26,29,36,45H,4-5,8-9,16-23,27H2,1-3H3,(H,49,53,54)(H2,46,47,48,50). The monoisotopic (exact) mass is 858 g/mol. The van der Waals surface area contributed by atoms with E-state index in [-0.39, 0.29) is 24.1 Å². The van der Waals surface area contributed by atoms with Gasteiger partial charge >= 0.3 is 0 Å². The van der Waals surface area contributed by atoms with Crippen molar-refractivity contribution in [3.8, 4) is 5.75 Å². The summed E-state index contributed by atoms with van der Waals surface area (Å²) in [6, 6.07) is 19.4. The molecule has 4 heterocycles. The first-order valence-electron chi connectivity index (χ1n) is 20.2. The smallest absolute Gasteiger partial charge is 0.255 e. The molecule has 59 heavy (non-hydrogen) atoms. The summed E-state index contributed by atoms with van der Waals surface area (Å²) >= 11 is 8.28. The number of piperidine rings is 2. The highest BCUT2D eigenvalue weighted by atomic mass is 35.5. The van der Waals surface area contributed by atoms with Crippen LogP contribution in [0.5, 0.6) is 5.75 Å². The van der Waals surface area contributed by atoms with E-state index in [1.807, 2.05) is 60.3 Å². The normalized spacial score (nSPS) is 17.2. The number of carbonyl (C=O) groups is 3. The number of fused-ring (bicyclic) bond motifs is 1. The lowest BCUT2D eigenvalue weighted by atomic mass is 10.0. The zero-order valence-electron chi connectivity index (χ0n) is 33.8. The Bertz CT molecular complexity index is 2230. The maximum absolute atomic E-state index is 13.0. The quantitative estimate of drug-likeness (QED) is 0.0359. The predicted molar refractivity (Wildman–Crippen MR) is 237 cm³/mol. The average molecular weight is 859 g/mol. The molecule has 3 aliphatic heterocycles. The lowest BCUT2D eigenvalue weighted by molar-refractivity contribution is -0.136. The Morgan fingerprint density at radius 3 is 2.53 bits per heavy atom. The van der Waals surface area contributed by atoms with E-state index >= 15 is 0 Å². The highest BCUT2D eigenvalue weighted by Gasteiger charge is 2.39. The maximum Gasteiger partial charge on any atom is 0.255 e. The van der Waals surface area contributed by atoms with Gasteiger partial charge < -0.3 is 35.1 Å². The van der Waals surface area contributed by atoms with Crippen LogP contribution in [0.4, 0.5) is 28.8 Å². The number of nitrogens with one attached hydrogen (secondary N) is 4. The fourth-order valence-corrected chi connectivity index (χ4v) is 10.1. The van der Waals surface area contributed by atoms with Crippen LogP contribution in [0.3, 0.4) is 0 Å². The van der Waals surface area contributed by atoms with Crippen LogP contribution in [0.15, 0.2) is 71.8 Å². The molecule has 7 rings (SSSR count). The largest absolute Gasteiger partial charge is 0.494 e. The number of rotatable bonds is 17. The van der Waals surface area contributed by atoms with E-state index in [1.54, 1.807) is 25.3 Å². The number of halogens is 1. The van der Waals surface area contributed by atoms with Crippen molar-refractivity contribution in [3.63, 3.8) is 0 Å². The third-order valence-electron chi connectivity index (χ3n) is 11.0. The number of amides is 3. The van der Waals surface area contributed by atoms with Crippen molar-refractivity contribution in [1.82, 2.24) is 25.5 Å². The topological polar surface area (TPSA) is 158 Å². The molecule has 0 bridgehead atoms. The highest BCUT2D eigenvalue weighted by Crippen LogP contribution is 2.39. The number of nitrogens with zero attached hydrogens (tertiary/aromatic N) is 4. The molecule has 1 atom stereocenters. The third kappa shape index (κ3) is 10.6. The fourth-order valence-electron chi connectivity index (χ4n) is 7.85. The molecule has 4 aromatic rings. The van der Waals surface area contributed by atoms with Crippen molar-refractivity contribution < 1.29 is 23.7 Å². The number of hydrogen-bond acceptors (Lipinski definition) is 12. The van der Waals surface area contributed by atoms with Crippen LogP contribution in [0.25, 0.3) is 0 Å². The molecule has 3 aromatic carbocycles. The predicted octanol–water partition coefficient (Wildman–Crippen LogP) is 7.55. The first-order chi connectivity index (χ1) is 28.5. The maximum atomic E-state index is 13.0. The van der Waals surface area contributed by atoms with Crippen LogP contribution in [0, 0.1) is 0 Å². The van der Waals surface area contributed by atoms with Crippen molar-refractivity contribution >= 4 is 82.4 Å². The van der Waals surface area contributed by atoms with Crippen molar-refractivity contribution in [2.75, 3.05) is 61.4 Å². The molecule has 0 radical (unpaired) electrons. The minimum absolute atomic E-state index is 0.132. The van der Waals surface area contributed by atoms with E-state index in [1.165, 1.54) is 19.0 Å². The minimum Gasteiger partial charge on any atom is -0.494 e. The summed E-state index contributed by atoms with van der Waals surface area (Å²) in [4.78, 5) is 51.0. The molecule has 1 aromatic heterocycles. The van der Waals surface area contributed by atoms with Crippen molar-refractivity contribution in [3.05, 3.63) is 83.0 Å². The molecule has 2 saturated heterocycles. The highest BCUT2D eigenvalue weighted by molar-refractivity contribution is 7.99. The van der Waals surface area contributed by atoms with Gasteiger partial charge in [0.25, 0.3) is 5.91 Å². The summed E-state index contributed by atoms with van der Waals surface area (Å²) in [5.41, 5.74) is 4.13. The van der Waals surface area contributed by atoms with Crippen LogP contribution in [-0.2, 0) is 20.7 Å². The number of para-hydroxylation sites is 1. The van der Waals surface area contributed by atoms with Crippen LogP contribution in [-0.4, -0.2) is 90.5 Å². The summed E-state index contributed by atoms with van der Waals surface area (Å²) in [6.07, 6.45) is 8.93. The molecule has 16 heteroatoms. The van der Waals surface area contributed by atoms with E-state index in [2.05, 4.69) is 48.3 Å². The Kier molecular flexibility index (Phi) is 13.8. The number of hydrogen-bond donors (Lipinski definition) is 4. The van der Waals surface area contributed by atoms with Gasteiger partial charge in [0, 0.05) is 59.6 Å².